The van der Waals surface area contributed by atoms with E-state index in [0.717, 1.165) is 28.1 Å². The monoisotopic (exact) mass is 318 g/mol. The molecule has 2 aromatic heterocycles. The predicted molar refractivity (Wildman–Crippen MR) is 94.9 cm³/mol. The van der Waals surface area contributed by atoms with Gasteiger partial charge >= 0.3 is 0 Å². The van der Waals surface area contributed by atoms with Crippen molar-refractivity contribution in [1.29, 1.82) is 0 Å². The molecule has 0 saturated heterocycles. The standard InChI is InChI=1S/C19H18N4O/c1-13-7-3-4-8-14(13)18-22-17-19(23(18)11-12-24-2)21-16-10-6-5-9-15(16)20-17/h3-10H,11-12H2,1-2H3. The van der Waals surface area contributed by atoms with Gasteiger partial charge < -0.3 is 9.30 Å². The Bertz CT molecular complexity index is 1020. The molecule has 0 saturated carbocycles. The molecule has 5 nitrogen and oxygen atoms in total. The second kappa shape index (κ2) is 6.02. The van der Waals surface area contributed by atoms with Gasteiger partial charge in [-0.3, -0.25) is 0 Å². The molecule has 0 spiro atoms. The molecule has 0 N–H and O–H groups in total. The average molecular weight is 318 g/mol. The number of benzene rings is 2. The van der Waals surface area contributed by atoms with E-state index in [0.29, 0.717) is 18.8 Å². The highest BCUT2D eigenvalue weighted by atomic mass is 16.5. The lowest BCUT2D eigenvalue weighted by atomic mass is 10.1. The maximum absolute atomic E-state index is 5.28. The summed E-state index contributed by atoms with van der Waals surface area (Å²) in [7, 11) is 1.70. The molecule has 0 aliphatic rings. The smallest absolute Gasteiger partial charge is 0.198 e. The van der Waals surface area contributed by atoms with E-state index in [9.17, 15) is 0 Å². The summed E-state index contributed by atoms with van der Waals surface area (Å²) in [5.41, 5.74) is 5.47. The topological polar surface area (TPSA) is 52.8 Å². The van der Waals surface area contributed by atoms with E-state index >= 15 is 0 Å². The molecule has 5 heteroatoms. The van der Waals surface area contributed by atoms with E-state index < -0.39 is 0 Å². The quantitative estimate of drug-likeness (QED) is 0.577. The summed E-state index contributed by atoms with van der Waals surface area (Å²) in [5.74, 6) is 0.885. The number of methoxy groups -OCH3 is 1. The Hall–Kier alpha value is -2.79. The number of fused-ring (bicyclic) bond motifs is 2. The number of aromatic nitrogens is 4. The number of aryl methyl sites for hydroxylation is 1. The second-order valence-corrected chi connectivity index (χ2v) is 5.75. The van der Waals surface area contributed by atoms with Gasteiger partial charge in [-0.25, -0.2) is 15.0 Å². The minimum atomic E-state index is 0.596. The minimum Gasteiger partial charge on any atom is -0.383 e. The van der Waals surface area contributed by atoms with Crippen molar-refractivity contribution >= 4 is 22.3 Å². The number of hydrogen-bond acceptors (Lipinski definition) is 4. The zero-order chi connectivity index (χ0) is 16.5. The van der Waals surface area contributed by atoms with Crippen LogP contribution in [0.5, 0.6) is 0 Å². The maximum atomic E-state index is 5.28. The summed E-state index contributed by atoms with van der Waals surface area (Å²) in [6.07, 6.45) is 0. The molecule has 0 atom stereocenters. The van der Waals surface area contributed by atoms with Crippen molar-refractivity contribution in [3.63, 3.8) is 0 Å². The Morgan fingerprint density at radius 1 is 0.917 bits per heavy atom. The molecule has 2 aromatic carbocycles. The van der Waals surface area contributed by atoms with E-state index in [-0.39, 0.29) is 0 Å². The van der Waals surface area contributed by atoms with E-state index in [1.54, 1.807) is 7.11 Å². The second-order valence-electron chi connectivity index (χ2n) is 5.75. The lowest BCUT2D eigenvalue weighted by Crippen LogP contribution is -2.07. The van der Waals surface area contributed by atoms with E-state index in [2.05, 4.69) is 28.6 Å². The van der Waals surface area contributed by atoms with Gasteiger partial charge in [0.05, 0.1) is 17.6 Å². The maximum Gasteiger partial charge on any atom is 0.198 e. The lowest BCUT2D eigenvalue weighted by Gasteiger charge is -2.09. The van der Waals surface area contributed by atoms with Crippen molar-refractivity contribution in [2.75, 3.05) is 13.7 Å². The molecule has 0 aliphatic heterocycles. The zero-order valence-corrected chi connectivity index (χ0v) is 13.7. The van der Waals surface area contributed by atoms with Crippen LogP contribution in [0.1, 0.15) is 5.56 Å². The van der Waals surface area contributed by atoms with Crippen molar-refractivity contribution < 1.29 is 4.74 Å². The van der Waals surface area contributed by atoms with Gasteiger partial charge in [-0.2, -0.15) is 0 Å². The molecule has 120 valence electrons. The van der Waals surface area contributed by atoms with Crippen LogP contribution in [0.2, 0.25) is 0 Å². The fourth-order valence-electron chi connectivity index (χ4n) is 2.92. The van der Waals surface area contributed by atoms with Crippen molar-refractivity contribution in [3.05, 3.63) is 54.1 Å². The first-order valence-electron chi connectivity index (χ1n) is 7.96. The van der Waals surface area contributed by atoms with Crippen molar-refractivity contribution in [2.24, 2.45) is 0 Å². The third kappa shape index (κ3) is 2.43. The van der Waals surface area contributed by atoms with Gasteiger partial charge in [0, 0.05) is 19.2 Å². The zero-order valence-electron chi connectivity index (χ0n) is 13.7. The van der Waals surface area contributed by atoms with Crippen LogP contribution in [0.4, 0.5) is 0 Å². The Morgan fingerprint density at radius 3 is 2.38 bits per heavy atom. The van der Waals surface area contributed by atoms with Crippen molar-refractivity contribution in [2.45, 2.75) is 13.5 Å². The summed E-state index contributed by atoms with van der Waals surface area (Å²) in [5, 5.41) is 0. The number of rotatable bonds is 4. The molecule has 0 fully saturated rings. The summed E-state index contributed by atoms with van der Waals surface area (Å²) in [4.78, 5) is 14.3. The molecule has 0 amide bonds. The third-order valence-electron chi connectivity index (χ3n) is 4.16. The van der Waals surface area contributed by atoms with E-state index in [1.807, 2.05) is 36.4 Å². The fraction of sp³-hybridized carbons (Fsp3) is 0.211. The molecule has 2 heterocycles. The molecular weight excluding hydrogens is 300 g/mol. The summed E-state index contributed by atoms with van der Waals surface area (Å²) in [6, 6.07) is 16.1. The van der Waals surface area contributed by atoms with Crippen LogP contribution in [0.25, 0.3) is 33.7 Å². The van der Waals surface area contributed by atoms with E-state index in [1.165, 1.54) is 5.56 Å². The van der Waals surface area contributed by atoms with Crippen LogP contribution in [-0.2, 0) is 11.3 Å². The summed E-state index contributed by atoms with van der Waals surface area (Å²) < 4.78 is 7.37. The number of ether oxygens (including phenoxy) is 1. The molecule has 4 rings (SSSR count). The Kier molecular flexibility index (Phi) is 3.70. The van der Waals surface area contributed by atoms with Crippen LogP contribution >= 0.6 is 0 Å². The number of nitrogens with zero attached hydrogens (tertiary/aromatic N) is 4. The first kappa shape index (κ1) is 14.8. The normalized spacial score (nSPS) is 11.4. The summed E-state index contributed by atoms with van der Waals surface area (Å²) in [6.45, 7) is 3.37. The first-order chi connectivity index (χ1) is 11.8. The molecule has 0 bridgehead atoms. The van der Waals surface area contributed by atoms with Crippen LogP contribution < -0.4 is 0 Å². The Balaban J connectivity index is 2.01. The van der Waals surface area contributed by atoms with Gasteiger partial charge in [0.25, 0.3) is 0 Å². The minimum absolute atomic E-state index is 0.596. The van der Waals surface area contributed by atoms with Gasteiger partial charge in [-0.05, 0) is 24.6 Å². The number of para-hydroxylation sites is 2. The van der Waals surface area contributed by atoms with Crippen molar-refractivity contribution in [1.82, 2.24) is 19.5 Å². The van der Waals surface area contributed by atoms with Crippen LogP contribution in [-0.4, -0.2) is 33.2 Å². The molecule has 0 unspecified atom stereocenters. The highest BCUT2D eigenvalue weighted by molar-refractivity contribution is 5.85. The van der Waals surface area contributed by atoms with Gasteiger partial charge in [0.15, 0.2) is 11.3 Å². The van der Waals surface area contributed by atoms with Crippen LogP contribution in [0, 0.1) is 6.92 Å². The number of hydrogen-bond donors (Lipinski definition) is 0. The average Bonchev–Trinajstić information content (AvgIpc) is 2.95. The molecule has 0 aliphatic carbocycles. The highest BCUT2D eigenvalue weighted by Crippen LogP contribution is 2.26. The van der Waals surface area contributed by atoms with Gasteiger partial charge in [0.2, 0.25) is 0 Å². The first-order valence-corrected chi connectivity index (χ1v) is 7.96. The Morgan fingerprint density at radius 2 is 1.62 bits per heavy atom. The lowest BCUT2D eigenvalue weighted by molar-refractivity contribution is 0.188. The van der Waals surface area contributed by atoms with Gasteiger partial charge in [-0.1, -0.05) is 36.4 Å². The third-order valence-corrected chi connectivity index (χ3v) is 4.16. The van der Waals surface area contributed by atoms with Gasteiger partial charge in [0.1, 0.15) is 5.82 Å². The SMILES string of the molecule is COCCn1c(-c2ccccc2C)nc2nc3ccccc3nc21. The highest BCUT2D eigenvalue weighted by Gasteiger charge is 2.16. The number of imidazole rings is 1. The molecule has 4 aromatic rings. The fourth-order valence-corrected chi connectivity index (χ4v) is 2.92. The van der Waals surface area contributed by atoms with Gasteiger partial charge in [-0.15, -0.1) is 0 Å². The molecule has 0 radical (unpaired) electrons. The van der Waals surface area contributed by atoms with E-state index in [4.69, 9.17) is 14.7 Å². The summed E-state index contributed by atoms with van der Waals surface area (Å²) >= 11 is 0. The van der Waals surface area contributed by atoms with Crippen molar-refractivity contribution in [3.8, 4) is 11.4 Å². The van der Waals surface area contributed by atoms with Crippen LogP contribution in [0.15, 0.2) is 48.5 Å². The Labute approximate surface area is 140 Å². The molecule has 24 heavy (non-hydrogen) atoms. The predicted octanol–water partition coefficient (Wildman–Crippen LogP) is 3.60. The largest absolute Gasteiger partial charge is 0.383 e. The molecular formula is C19H18N4O. The van der Waals surface area contributed by atoms with Crippen LogP contribution in [0.3, 0.4) is 0 Å².